The summed E-state index contributed by atoms with van der Waals surface area (Å²) in [6.45, 7) is 5.65. The maximum atomic E-state index is 13.0. The van der Waals surface area contributed by atoms with Gasteiger partial charge in [-0.15, -0.1) is 0 Å². The highest BCUT2D eigenvalue weighted by Crippen LogP contribution is 2.41. The molecule has 1 saturated heterocycles. The summed E-state index contributed by atoms with van der Waals surface area (Å²) in [5.41, 5.74) is 2.56. The Kier molecular flexibility index (Phi) is 5.55. The van der Waals surface area contributed by atoms with Gasteiger partial charge in [-0.3, -0.25) is 19.5 Å². The van der Waals surface area contributed by atoms with Crippen LogP contribution < -0.4 is 9.80 Å². The average Bonchev–Trinajstić information content (AvgIpc) is 3.05. The lowest BCUT2D eigenvalue weighted by atomic mass is 9.96. The highest BCUT2D eigenvalue weighted by molar-refractivity contribution is 6.16. The zero-order valence-corrected chi connectivity index (χ0v) is 17.3. The number of piperazine rings is 1. The van der Waals surface area contributed by atoms with Crippen LogP contribution in [0, 0.1) is 0 Å². The van der Waals surface area contributed by atoms with Gasteiger partial charge < -0.3 is 14.9 Å². The summed E-state index contributed by atoms with van der Waals surface area (Å²) in [5, 5.41) is 10.5. The molecule has 0 saturated carbocycles. The number of aliphatic hydroxyl groups is 1. The second-order valence-corrected chi connectivity index (χ2v) is 7.71. The van der Waals surface area contributed by atoms with Crippen LogP contribution >= 0.6 is 0 Å². The number of hydrogen-bond acceptors (Lipinski definition) is 6. The van der Waals surface area contributed by atoms with Gasteiger partial charge in [0.15, 0.2) is 11.5 Å². The third-order valence-corrected chi connectivity index (χ3v) is 5.83. The Morgan fingerprint density at radius 2 is 1.77 bits per heavy atom. The van der Waals surface area contributed by atoms with Gasteiger partial charge in [0.05, 0.1) is 11.6 Å². The van der Waals surface area contributed by atoms with E-state index in [0.29, 0.717) is 11.3 Å². The van der Waals surface area contributed by atoms with Crippen LogP contribution in [0.5, 0.6) is 0 Å². The highest BCUT2D eigenvalue weighted by atomic mass is 16.3. The van der Waals surface area contributed by atoms with Crippen molar-refractivity contribution >= 4 is 23.1 Å². The Bertz CT molecular complexity index is 964. The molecular formula is C23H26N4O3. The van der Waals surface area contributed by atoms with Crippen molar-refractivity contribution in [2.45, 2.75) is 19.4 Å². The molecule has 2 aliphatic heterocycles. The van der Waals surface area contributed by atoms with Crippen molar-refractivity contribution in [3.8, 4) is 0 Å². The molecule has 1 N–H and O–H groups in total. The van der Waals surface area contributed by atoms with Crippen LogP contribution in [-0.4, -0.2) is 59.9 Å². The van der Waals surface area contributed by atoms with Crippen LogP contribution in [0.2, 0.25) is 0 Å². The van der Waals surface area contributed by atoms with E-state index in [0.717, 1.165) is 31.9 Å². The molecule has 0 bridgehead atoms. The fourth-order valence-corrected chi connectivity index (χ4v) is 4.09. The van der Waals surface area contributed by atoms with Crippen molar-refractivity contribution in [2.24, 2.45) is 0 Å². The smallest absolute Gasteiger partial charge is 0.294 e. The van der Waals surface area contributed by atoms with E-state index < -0.39 is 17.7 Å². The molecule has 0 aliphatic carbocycles. The molecule has 1 aromatic carbocycles. The van der Waals surface area contributed by atoms with E-state index in [9.17, 15) is 14.7 Å². The summed E-state index contributed by atoms with van der Waals surface area (Å²) in [6.07, 6.45) is 3.48. The standard InChI is InChI=1S/C23H26N4O3/c1-3-19(28)20-21(16-5-4-10-24-15-16)27(23(30)22(20)29)18-8-6-17(7-9-18)26-13-11-25(2)12-14-26/h4-10,15,21,29H,3,11-14H2,1-2H3. The topological polar surface area (TPSA) is 77.0 Å². The number of aromatic nitrogens is 1. The fraction of sp³-hybridized carbons (Fsp3) is 0.348. The maximum absolute atomic E-state index is 13.0. The Morgan fingerprint density at radius 3 is 2.37 bits per heavy atom. The summed E-state index contributed by atoms with van der Waals surface area (Å²) >= 11 is 0. The van der Waals surface area contributed by atoms with Crippen LogP contribution in [0.1, 0.15) is 24.9 Å². The lowest BCUT2D eigenvalue weighted by Crippen LogP contribution is -2.44. The molecule has 1 amide bonds. The number of amides is 1. The number of Topliss-reactive ketones (excluding diaryl/α,β-unsaturated/α-hetero) is 1. The number of carbonyl (C=O) groups is 2. The van der Waals surface area contributed by atoms with Crippen LogP contribution in [0.4, 0.5) is 11.4 Å². The van der Waals surface area contributed by atoms with Crippen molar-refractivity contribution in [3.05, 3.63) is 65.7 Å². The minimum atomic E-state index is -0.687. The second-order valence-electron chi connectivity index (χ2n) is 7.71. The number of likely N-dealkylation sites (N-methyl/N-ethyl adjacent to an activating group) is 1. The first kappa shape index (κ1) is 20.1. The summed E-state index contributed by atoms with van der Waals surface area (Å²) in [4.78, 5) is 35.8. The first-order valence-corrected chi connectivity index (χ1v) is 10.2. The summed E-state index contributed by atoms with van der Waals surface area (Å²) in [7, 11) is 2.12. The van der Waals surface area contributed by atoms with Crippen molar-refractivity contribution < 1.29 is 14.7 Å². The Labute approximate surface area is 176 Å². The first-order chi connectivity index (χ1) is 14.5. The summed E-state index contributed by atoms with van der Waals surface area (Å²) in [6, 6.07) is 10.6. The predicted molar refractivity (Wildman–Crippen MR) is 116 cm³/mol. The molecule has 0 spiro atoms. The van der Waals surface area contributed by atoms with Gasteiger partial charge in [0.1, 0.15) is 0 Å². The first-order valence-electron chi connectivity index (χ1n) is 10.2. The number of benzene rings is 1. The fourth-order valence-electron chi connectivity index (χ4n) is 4.09. The number of carbonyl (C=O) groups excluding carboxylic acids is 2. The van der Waals surface area contributed by atoms with E-state index in [2.05, 4.69) is 21.8 Å². The molecule has 3 heterocycles. The van der Waals surface area contributed by atoms with Crippen molar-refractivity contribution in [1.82, 2.24) is 9.88 Å². The molecular weight excluding hydrogens is 380 g/mol. The summed E-state index contributed by atoms with van der Waals surface area (Å²) < 4.78 is 0. The molecule has 156 valence electrons. The molecule has 7 nitrogen and oxygen atoms in total. The van der Waals surface area contributed by atoms with Gasteiger partial charge in [-0.25, -0.2) is 0 Å². The van der Waals surface area contributed by atoms with Crippen molar-refractivity contribution in [3.63, 3.8) is 0 Å². The molecule has 1 unspecified atom stereocenters. The van der Waals surface area contributed by atoms with E-state index >= 15 is 0 Å². The van der Waals surface area contributed by atoms with Gasteiger partial charge in [-0.2, -0.15) is 0 Å². The molecule has 1 aromatic heterocycles. The number of ketones is 1. The van der Waals surface area contributed by atoms with Gasteiger partial charge in [0.2, 0.25) is 0 Å². The largest absolute Gasteiger partial charge is 0.503 e. The van der Waals surface area contributed by atoms with Gasteiger partial charge in [-0.05, 0) is 42.9 Å². The highest BCUT2D eigenvalue weighted by Gasteiger charge is 2.43. The molecule has 30 heavy (non-hydrogen) atoms. The quantitative estimate of drug-likeness (QED) is 0.823. The lowest BCUT2D eigenvalue weighted by Gasteiger charge is -2.34. The molecule has 1 fully saturated rings. The van der Waals surface area contributed by atoms with Gasteiger partial charge in [0, 0.05) is 56.4 Å². The molecule has 1 atom stereocenters. The number of pyridine rings is 1. The van der Waals surface area contributed by atoms with E-state index in [1.54, 1.807) is 25.4 Å². The number of rotatable bonds is 5. The second kappa shape index (κ2) is 8.28. The number of hydrogen-bond donors (Lipinski definition) is 1. The van der Waals surface area contributed by atoms with E-state index in [1.165, 1.54) is 4.90 Å². The summed E-state index contributed by atoms with van der Waals surface area (Å²) in [5.74, 6) is -1.28. The third kappa shape index (κ3) is 3.57. The van der Waals surface area contributed by atoms with Crippen LogP contribution in [0.15, 0.2) is 60.1 Å². The average molecular weight is 406 g/mol. The van der Waals surface area contributed by atoms with Crippen molar-refractivity contribution in [2.75, 3.05) is 43.0 Å². The van der Waals surface area contributed by atoms with E-state index in [4.69, 9.17) is 0 Å². The number of aliphatic hydroxyl groups excluding tert-OH is 1. The monoisotopic (exact) mass is 406 g/mol. The Balaban J connectivity index is 1.68. The molecule has 2 aliphatic rings. The predicted octanol–water partition coefficient (Wildman–Crippen LogP) is 2.71. The normalized spacial score (nSPS) is 20.2. The lowest BCUT2D eigenvalue weighted by molar-refractivity contribution is -0.118. The molecule has 0 radical (unpaired) electrons. The van der Waals surface area contributed by atoms with E-state index in [1.807, 2.05) is 30.3 Å². The maximum Gasteiger partial charge on any atom is 0.294 e. The molecule has 2 aromatic rings. The third-order valence-electron chi connectivity index (χ3n) is 5.83. The van der Waals surface area contributed by atoms with Gasteiger partial charge in [-0.1, -0.05) is 13.0 Å². The molecule has 7 heteroatoms. The van der Waals surface area contributed by atoms with Gasteiger partial charge >= 0.3 is 0 Å². The Morgan fingerprint density at radius 1 is 1.10 bits per heavy atom. The van der Waals surface area contributed by atoms with Crippen molar-refractivity contribution in [1.29, 1.82) is 0 Å². The van der Waals surface area contributed by atoms with Gasteiger partial charge in [0.25, 0.3) is 5.91 Å². The minimum absolute atomic E-state index is 0.138. The molecule has 4 rings (SSSR count). The SMILES string of the molecule is CCC(=O)C1=C(O)C(=O)N(c2ccc(N3CCN(C)CC3)cc2)C1c1cccnc1. The Hall–Kier alpha value is -3.19. The van der Waals surface area contributed by atoms with E-state index in [-0.39, 0.29) is 17.8 Å². The number of nitrogens with zero attached hydrogens (tertiary/aromatic N) is 4. The van der Waals surface area contributed by atoms with Crippen LogP contribution in [0.25, 0.3) is 0 Å². The number of anilines is 2. The van der Waals surface area contributed by atoms with Crippen LogP contribution in [-0.2, 0) is 9.59 Å². The minimum Gasteiger partial charge on any atom is -0.503 e. The zero-order valence-electron chi connectivity index (χ0n) is 17.3. The van der Waals surface area contributed by atoms with Crippen LogP contribution in [0.3, 0.4) is 0 Å². The zero-order chi connectivity index (χ0) is 21.3.